The quantitative estimate of drug-likeness (QED) is 0.747. The predicted molar refractivity (Wildman–Crippen MR) is 82.5 cm³/mol. The van der Waals surface area contributed by atoms with Gasteiger partial charge in [0.1, 0.15) is 0 Å². The molecule has 0 aromatic heterocycles. The summed E-state index contributed by atoms with van der Waals surface area (Å²) in [7, 11) is 0. The van der Waals surface area contributed by atoms with Crippen LogP contribution >= 0.6 is 12.4 Å². The Morgan fingerprint density at radius 1 is 0.722 bits per heavy atom. The molecule has 0 bridgehead atoms. The van der Waals surface area contributed by atoms with Gasteiger partial charge < -0.3 is 5.73 Å². The molecule has 2 aromatic carbocycles. The Labute approximate surface area is 115 Å². The number of hydrogen-bond donors (Lipinski definition) is 1. The first-order valence-electron chi connectivity index (χ1n) is 5.95. The van der Waals surface area contributed by atoms with Crippen molar-refractivity contribution in [3.8, 4) is 11.1 Å². The minimum absolute atomic E-state index is 0. The molecule has 18 heavy (non-hydrogen) atoms. The second-order valence-corrected chi connectivity index (χ2v) is 4.65. The number of nitrogen functional groups attached to an aromatic ring is 1. The number of benzene rings is 2. The highest BCUT2D eigenvalue weighted by Crippen LogP contribution is 2.35. The van der Waals surface area contributed by atoms with Gasteiger partial charge in [-0.2, -0.15) is 0 Å². The van der Waals surface area contributed by atoms with Crippen LogP contribution in [0.1, 0.15) is 22.3 Å². The molecule has 2 rings (SSSR count). The molecular weight excluding hydrogens is 242 g/mol. The molecule has 0 aliphatic rings. The van der Waals surface area contributed by atoms with E-state index in [9.17, 15) is 0 Å². The van der Waals surface area contributed by atoms with Crippen LogP contribution in [0.2, 0.25) is 0 Å². The number of hydrogen-bond acceptors (Lipinski definition) is 1. The molecule has 2 N–H and O–H groups in total. The summed E-state index contributed by atoms with van der Waals surface area (Å²) in [4.78, 5) is 0. The van der Waals surface area contributed by atoms with Crippen molar-refractivity contribution in [1.29, 1.82) is 0 Å². The number of anilines is 1. The van der Waals surface area contributed by atoms with Crippen LogP contribution in [0.5, 0.6) is 0 Å². The van der Waals surface area contributed by atoms with Crippen molar-refractivity contribution in [2.45, 2.75) is 27.7 Å². The molecule has 0 aliphatic heterocycles. The van der Waals surface area contributed by atoms with Gasteiger partial charge in [-0.15, -0.1) is 12.4 Å². The van der Waals surface area contributed by atoms with Crippen molar-refractivity contribution >= 4 is 18.1 Å². The molecule has 0 heterocycles. The molecule has 0 aliphatic carbocycles. The monoisotopic (exact) mass is 261 g/mol. The minimum atomic E-state index is 0. The molecule has 0 radical (unpaired) electrons. The fourth-order valence-electron chi connectivity index (χ4n) is 2.41. The Bertz CT molecular complexity index is 530. The maximum atomic E-state index is 6.19. The van der Waals surface area contributed by atoms with Gasteiger partial charge in [-0.25, -0.2) is 0 Å². The van der Waals surface area contributed by atoms with Gasteiger partial charge in [-0.05, 0) is 61.1 Å². The molecule has 0 atom stereocenters. The highest BCUT2D eigenvalue weighted by molar-refractivity contribution is 5.85. The van der Waals surface area contributed by atoms with Gasteiger partial charge in [0.25, 0.3) is 0 Å². The molecular formula is C16H20ClN. The zero-order chi connectivity index (χ0) is 12.6. The van der Waals surface area contributed by atoms with E-state index in [1.54, 1.807) is 0 Å². The maximum absolute atomic E-state index is 6.19. The van der Waals surface area contributed by atoms with E-state index in [0.717, 1.165) is 5.69 Å². The van der Waals surface area contributed by atoms with Crippen LogP contribution in [0.25, 0.3) is 11.1 Å². The number of halogens is 1. The lowest BCUT2D eigenvalue weighted by Crippen LogP contribution is -2.02. The van der Waals surface area contributed by atoms with Gasteiger partial charge in [0.15, 0.2) is 0 Å². The number of rotatable bonds is 1. The highest BCUT2D eigenvalue weighted by Gasteiger charge is 2.13. The van der Waals surface area contributed by atoms with E-state index in [-0.39, 0.29) is 12.4 Å². The lowest BCUT2D eigenvalue weighted by Gasteiger charge is -2.18. The van der Waals surface area contributed by atoms with Gasteiger partial charge in [-0.3, -0.25) is 0 Å². The predicted octanol–water partition coefficient (Wildman–Crippen LogP) is 4.59. The van der Waals surface area contributed by atoms with Crippen LogP contribution in [0, 0.1) is 27.7 Å². The normalized spacial score (nSPS) is 10.0. The summed E-state index contributed by atoms with van der Waals surface area (Å²) < 4.78 is 0. The molecule has 0 saturated heterocycles. The Morgan fingerprint density at radius 3 is 1.83 bits per heavy atom. The Hall–Kier alpha value is -1.47. The summed E-state index contributed by atoms with van der Waals surface area (Å²) in [6, 6.07) is 10.5. The van der Waals surface area contributed by atoms with Gasteiger partial charge in [0.05, 0.1) is 0 Å². The summed E-state index contributed by atoms with van der Waals surface area (Å²) in [6.45, 7) is 8.53. The molecule has 1 nitrogen and oxygen atoms in total. The first kappa shape index (κ1) is 14.6. The van der Waals surface area contributed by atoms with E-state index in [4.69, 9.17) is 5.73 Å². The summed E-state index contributed by atoms with van der Waals surface area (Å²) in [6.07, 6.45) is 0. The summed E-state index contributed by atoms with van der Waals surface area (Å²) >= 11 is 0. The maximum Gasteiger partial charge on any atom is 0.0382 e. The zero-order valence-electron chi connectivity index (χ0n) is 11.4. The summed E-state index contributed by atoms with van der Waals surface area (Å²) in [5.74, 6) is 0. The molecule has 0 fully saturated rings. The second-order valence-electron chi connectivity index (χ2n) is 4.65. The molecule has 0 saturated carbocycles. The van der Waals surface area contributed by atoms with Crippen LogP contribution in [0.3, 0.4) is 0 Å². The topological polar surface area (TPSA) is 26.0 Å². The highest BCUT2D eigenvalue weighted by atomic mass is 35.5. The molecule has 2 aromatic rings. The minimum Gasteiger partial charge on any atom is -0.398 e. The average Bonchev–Trinajstić information content (AvgIpc) is 2.36. The van der Waals surface area contributed by atoms with Gasteiger partial charge in [0.2, 0.25) is 0 Å². The van der Waals surface area contributed by atoms with E-state index in [0.29, 0.717) is 0 Å². The molecule has 2 heteroatoms. The van der Waals surface area contributed by atoms with Crippen LogP contribution in [0.4, 0.5) is 5.69 Å². The lowest BCUT2D eigenvalue weighted by molar-refractivity contribution is 1.24. The largest absolute Gasteiger partial charge is 0.398 e. The van der Waals surface area contributed by atoms with E-state index in [1.165, 1.54) is 33.4 Å². The Morgan fingerprint density at radius 2 is 1.28 bits per heavy atom. The summed E-state index contributed by atoms with van der Waals surface area (Å²) in [5, 5.41) is 0. The fourth-order valence-corrected chi connectivity index (χ4v) is 2.41. The first-order valence-corrected chi connectivity index (χ1v) is 5.95. The van der Waals surface area contributed by atoms with Gasteiger partial charge in [0, 0.05) is 5.69 Å². The first-order chi connectivity index (χ1) is 8.04. The smallest absolute Gasteiger partial charge is 0.0382 e. The fraction of sp³-hybridized carbons (Fsp3) is 0.250. The van der Waals surface area contributed by atoms with E-state index in [1.807, 2.05) is 6.07 Å². The van der Waals surface area contributed by atoms with Crippen molar-refractivity contribution < 1.29 is 0 Å². The lowest BCUT2D eigenvalue weighted by atomic mass is 9.88. The van der Waals surface area contributed by atoms with E-state index < -0.39 is 0 Å². The van der Waals surface area contributed by atoms with Crippen LogP contribution in [-0.4, -0.2) is 0 Å². The number of nitrogens with two attached hydrogens (primary N) is 1. The molecule has 96 valence electrons. The van der Waals surface area contributed by atoms with Crippen molar-refractivity contribution in [2.24, 2.45) is 0 Å². The van der Waals surface area contributed by atoms with E-state index in [2.05, 4.69) is 52.0 Å². The Kier molecular flexibility index (Phi) is 4.42. The van der Waals surface area contributed by atoms with Gasteiger partial charge in [-0.1, -0.05) is 30.3 Å². The summed E-state index contributed by atoms with van der Waals surface area (Å²) in [5.41, 5.74) is 14.7. The third kappa shape index (κ3) is 2.23. The molecule has 0 unspecified atom stereocenters. The molecule has 0 spiro atoms. The van der Waals surface area contributed by atoms with Crippen LogP contribution < -0.4 is 5.73 Å². The van der Waals surface area contributed by atoms with Crippen LogP contribution in [-0.2, 0) is 0 Å². The van der Waals surface area contributed by atoms with Crippen molar-refractivity contribution in [3.63, 3.8) is 0 Å². The average molecular weight is 262 g/mol. The van der Waals surface area contributed by atoms with Crippen molar-refractivity contribution in [3.05, 3.63) is 52.6 Å². The zero-order valence-corrected chi connectivity index (χ0v) is 12.2. The van der Waals surface area contributed by atoms with Crippen molar-refractivity contribution in [1.82, 2.24) is 0 Å². The molecule has 0 amide bonds. The SMILES string of the molecule is Cc1c(C)c(N)c(C)c(-c2ccccc2)c1C.Cl. The van der Waals surface area contributed by atoms with E-state index >= 15 is 0 Å². The third-order valence-electron chi connectivity index (χ3n) is 3.75. The second kappa shape index (κ2) is 5.45. The Balaban J connectivity index is 0.00000162. The van der Waals surface area contributed by atoms with Crippen molar-refractivity contribution in [2.75, 3.05) is 5.73 Å². The standard InChI is InChI=1S/C16H19N.ClH/c1-10-11(2)15(13(4)16(17)12(10)3)14-8-6-5-7-9-14;/h5-9H,17H2,1-4H3;1H. The van der Waals surface area contributed by atoms with Crippen LogP contribution in [0.15, 0.2) is 30.3 Å². The third-order valence-corrected chi connectivity index (χ3v) is 3.75. The van der Waals surface area contributed by atoms with Gasteiger partial charge >= 0.3 is 0 Å².